The first-order chi connectivity index (χ1) is 23.8. The van der Waals surface area contributed by atoms with E-state index in [1.54, 1.807) is 0 Å². The molecule has 3 nitrogen and oxygen atoms in total. The summed E-state index contributed by atoms with van der Waals surface area (Å²) >= 11 is 3.65. The molecule has 0 N–H and O–H groups in total. The first kappa shape index (κ1) is 27.4. The molecule has 0 radical (unpaired) electrons. The molecule has 0 spiro atoms. The van der Waals surface area contributed by atoms with E-state index < -0.39 is 0 Å². The minimum atomic E-state index is 0.629. The Morgan fingerprint density at radius 3 is 1.83 bits per heavy atom. The number of fused-ring (bicyclic) bond motifs is 8. The van der Waals surface area contributed by atoms with Crippen molar-refractivity contribution >= 4 is 91.2 Å². The van der Waals surface area contributed by atoms with Crippen LogP contribution in [0.2, 0.25) is 0 Å². The van der Waals surface area contributed by atoms with Gasteiger partial charge >= 0.3 is 0 Å². The van der Waals surface area contributed by atoms with Crippen LogP contribution in [-0.4, -0.2) is 4.98 Å². The molecule has 10 aromatic rings. The lowest BCUT2D eigenvalue weighted by molar-refractivity contribution is 0.623. The van der Waals surface area contributed by atoms with Gasteiger partial charge in [-0.3, -0.25) is 0 Å². The molecule has 5 heteroatoms. The first-order valence-corrected chi connectivity index (χ1v) is 17.6. The first-order valence-electron chi connectivity index (χ1n) is 16.0. The zero-order valence-corrected chi connectivity index (χ0v) is 27.3. The quantitative estimate of drug-likeness (QED) is 0.186. The third kappa shape index (κ3) is 4.29. The van der Waals surface area contributed by atoms with Gasteiger partial charge in [0.15, 0.2) is 5.58 Å². The number of aromatic nitrogens is 1. The molecule has 7 aromatic carbocycles. The van der Waals surface area contributed by atoms with E-state index in [1.807, 2.05) is 40.9 Å². The van der Waals surface area contributed by atoms with Gasteiger partial charge in [-0.1, -0.05) is 103 Å². The van der Waals surface area contributed by atoms with Crippen molar-refractivity contribution in [3.63, 3.8) is 0 Å². The third-order valence-corrected chi connectivity index (χ3v) is 11.4. The second-order valence-corrected chi connectivity index (χ2v) is 14.1. The summed E-state index contributed by atoms with van der Waals surface area (Å²) in [4.78, 5) is 7.55. The largest absolute Gasteiger partial charge is 0.435 e. The molecule has 0 aliphatic carbocycles. The molecular weight excluding hydrogens is 625 g/mol. The van der Waals surface area contributed by atoms with Crippen molar-refractivity contribution in [2.45, 2.75) is 0 Å². The smallest absolute Gasteiger partial charge is 0.227 e. The normalized spacial score (nSPS) is 11.8. The summed E-state index contributed by atoms with van der Waals surface area (Å²) in [6.45, 7) is 0. The highest BCUT2D eigenvalue weighted by atomic mass is 32.1. The lowest BCUT2D eigenvalue weighted by atomic mass is 10.0. The number of rotatable bonds is 5. The molecule has 0 saturated carbocycles. The van der Waals surface area contributed by atoms with Gasteiger partial charge in [-0.2, -0.15) is 0 Å². The third-order valence-electron chi connectivity index (χ3n) is 9.10. The molecular formula is C43H26N2OS2. The Balaban J connectivity index is 1.30. The molecule has 0 unspecified atom stereocenters. The van der Waals surface area contributed by atoms with E-state index in [0.717, 1.165) is 39.1 Å². The second-order valence-electron chi connectivity index (χ2n) is 11.9. The number of hydrogen-bond acceptors (Lipinski definition) is 5. The summed E-state index contributed by atoms with van der Waals surface area (Å²) in [7, 11) is 0. The van der Waals surface area contributed by atoms with Gasteiger partial charge in [0, 0.05) is 46.9 Å². The van der Waals surface area contributed by atoms with Crippen LogP contribution in [0.25, 0.3) is 74.0 Å². The van der Waals surface area contributed by atoms with Crippen LogP contribution < -0.4 is 4.90 Å². The van der Waals surface area contributed by atoms with Crippen LogP contribution in [0, 0.1) is 0 Å². The van der Waals surface area contributed by atoms with Gasteiger partial charge in [0.1, 0.15) is 5.52 Å². The Morgan fingerprint density at radius 1 is 0.479 bits per heavy atom. The van der Waals surface area contributed by atoms with Gasteiger partial charge < -0.3 is 9.32 Å². The summed E-state index contributed by atoms with van der Waals surface area (Å²) in [5, 5.41) is 4.80. The molecule has 48 heavy (non-hydrogen) atoms. The maximum absolute atomic E-state index is 6.64. The van der Waals surface area contributed by atoms with Gasteiger partial charge in [-0.25, -0.2) is 4.98 Å². The van der Waals surface area contributed by atoms with E-state index in [1.165, 1.54) is 46.1 Å². The second kappa shape index (κ2) is 10.9. The predicted octanol–water partition coefficient (Wildman–Crippen LogP) is 13.4. The van der Waals surface area contributed by atoms with Crippen molar-refractivity contribution < 1.29 is 4.42 Å². The number of oxazole rings is 1. The fraction of sp³-hybridized carbons (Fsp3) is 0. The van der Waals surface area contributed by atoms with E-state index in [4.69, 9.17) is 9.40 Å². The number of hydrogen-bond donors (Lipinski definition) is 0. The zero-order valence-electron chi connectivity index (χ0n) is 25.6. The van der Waals surface area contributed by atoms with Crippen LogP contribution in [0.1, 0.15) is 0 Å². The number of nitrogens with zero attached hydrogens (tertiary/aromatic N) is 2. The highest BCUT2D eigenvalue weighted by Gasteiger charge is 2.25. The van der Waals surface area contributed by atoms with Crippen molar-refractivity contribution in [2.75, 3.05) is 4.90 Å². The molecule has 10 rings (SSSR count). The monoisotopic (exact) mass is 650 g/mol. The molecule has 0 aliphatic heterocycles. The van der Waals surface area contributed by atoms with Gasteiger partial charge in [0.05, 0.1) is 16.1 Å². The maximum atomic E-state index is 6.64. The van der Waals surface area contributed by atoms with E-state index in [2.05, 4.69) is 144 Å². The van der Waals surface area contributed by atoms with Crippen molar-refractivity contribution in [2.24, 2.45) is 0 Å². The summed E-state index contributed by atoms with van der Waals surface area (Å²) in [6, 6.07) is 56.0. The lowest BCUT2D eigenvalue weighted by Gasteiger charge is -2.27. The van der Waals surface area contributed by atoms with Gasteiger partial charge in [-0.15, -0.1) is 22.7 Å². The van der Waals surface area contributed by atoms with Crippen molar-refractivity contribution in [1.82, 2.24) is 4.98 Å². The van der Waals surface area contributed by atoms with Crippen LogP contribution in [0.4, 0.5) is 17.1 Å². The molecule has 3 aromatic heterocycles. The zero-order chi connectivity index (χ0) is 31.6. The lowest BCUT2D eigenvalue weighted by Crippen LogP contribution is -2.10. The summed E-state index contributed by atoms with van der Waals surface area (Å²) in [5.41, 5.74) is 8.32. The van der Waals surface area contributed by atoms with E-state index >= 15 is 0 Å². The van der Waals surface area contributed by atoms with E-state index in [0.29, 0.717) is 5.89 Å². The molecule has 0 amide bonds. The summed E-state index contributed by atoms with van der Waals surface area (Å²) < 4.78 is 11.6. The highest BCUT2D eigenvalue weighted by molar-refractivity contribution is 7.26. The molecule has 0 atom stereocenters. The maximum Gasteiger partial charge on any atom is 0.227 e. The Hall–Kier alpha value is -5.75. The van der Waals surface area contributed by atoms with Crippen molar-refractivity contribution in [3.05, 3.63) is 158 Å². The van der Waals surface area contributed by atoms with E-state index in [9.17, 15) is 0 Å². The fourth-order valence-corrected chi connectivity index (χ4v) is 9.24. The average Bonchev–Trinajstić information content (AvgIpc) is 3.86. The minimum absolute atomic E-state index is 0.629. The van der Waals surface area contributed by atoms with Crippen LogP contribution in [0.5, 0.6) is 0 Å². The van der Waals surface area contributed by atoms with Gasteiger partial charge in [0.2, 0.25) is 5.89 Å². The van der Waals surface area contributed by atoms with Crippen molar-refractivity contribution in [3.8, 4) is 22.6 Å². The standard InChI is InChI=1S/C43H26N2OS2/c1-3-12-27(13-4-1)28-22-24-30(25-23-28)45(34-18-11-21-38-39(34)31-16-7-9-19-36(31)47-38)35-26-33-41(46-43(44-33)29-14-5-2-6-15-29)40-32-17-8-10-20-37(32)48-42(35)40/h1-26H. The molecule has 0 saturated heterocycles. The highest BCUT2D eigenvalue weighted by Crippen LogP contribution is 2.51. The Kier molecular flexibility index (Phi) is 6.22. The number of thiophene rings is 2. The van der Waals surface area contributed by atoms with Crippen LogP contribution >= 0.6 is 22.7 Å². The van der Waals surface area contributed by atoms with Crippen LogP contribution in [0.3, 0.4) is 0 Å². The molecule has 3 heterocycles. The molecule has 0 bridgehead atoms. The Bertz CT molecular complexity index is 2780. The SMILES string of the molecule is c1ccc(-c2ccc(N(c3cc4nc(-c5ccccc5)oc4c4c3sc3ccccc34)c3cccc4sc5ccccc5c34)cc2)cc1. The Labute approximate surface area is 284 Å². The topological polar surface area (TPSA) is 29.3 Å². The minimum Gasteiger partial charge on any atom is -0.435 e. The van der Waals surface area contributed by atoms with E-state index in [-0.39, 0.29) is 0 Å². The molecule has 226 valence electrons. The van der Waals surface area contributed by atoms with Gasteiger partial charge in [0.25, 0.3) is 0 Å². The van der Waals surface area contributed by atoms with Crippen LogP contribution in [0.15, 0.2) is 162 Å². The summed E-state index contributed by atoms with van der Waals surface area (Å²) in [6.07, 6.45) is 0. The van der Waals surface area contributed by atoms with Crippen molar-refractivity contribution in [1.29, 1.82) is 0 Å². The molecule has 0 fully saturated rings. The Morgan fingerprint density at radius 2 is 1.08 bits per heavy atom. The predicted molar refractivity (Wildman–Crippen MR) is 205 cm³/mol. The summed E-state index contributed by atoms with van der Waals surface area (Å²) in [5.74, 6) is 0.629. The number of benzene rings is 7. The van der Waals surface area contributed by atoms with Gasteiger partial charge in [-0.05, 0) is 65.7 Å². The van der Waals surface area contributed by atoms with Crippen LogP contribution in [-0.2, 0) is 0 Å². The average molecular weight is 651 g/mol. The molecule has 0 aliphatic rings. The fourth-order valence-electron chi connectivity index (χ4n) is 6.91. The number of anilines is 3.